The van der Waals surface area contributed by atoms with Gasteiger partial charge in [0.1, 0.15) is 5.75 Å². The number of benzene rings is 1. The third-order valence-electron chi connectivity index (χ3n) is 2.58. The van der Waals surface area contributed by atoms with E-state index < -0.39 is 6.10 Å². The third-order valence-corrected chi connectivity index (χ3v) is 3.36. The molecule has 0 bridgehead atoms. The summed E-state index contributed by atoms with van der Waals surface area (Å²) in [5.74, 6) is 0.358. The number of hydrogen-bond donors (Lipinski definition) is 1. The molecule has 1 atom stereocenters. The van der Waals surface area contributed by atoms with Crippen LogP contribution in [0.1, 0.15) is 25.8 Å². The minimum atomic E-state index is -0.552. The first-order chi connectivity index (χ1) is 9.12. The number of ether oxygens (including phenoxy) is 2. The number of nitrogens with one attached hydrogen (secondary N) is 1. The quantitative estimate of drug-likeness (QED) is 0.781. The van der Waals surface area contributed by atoms with Gasteiger partial charge in [-0.25, -0.2) is 4.79 Å². The van der Waals surface area contributed by atoms with Gasteiger partial charge in [0, 0.05) is 11.0 Å². The van der Waals surface area contributed by atoms with E-state index in [-0.39, 0.29) is 5.97 Å². The Morgan fingerprint density at radius 3 is 2.74 bits per heavy atom. The first kappa shape index (κ1) is 16.0. The van der Waals surface area contributed by atoms with Crippen molar-refractivity contribution in [1.82, 2.24) is 5.32 Å². The summed E-state index contributed by atoms with van der Waals surface area (Å²) in [6.45, 7) is 4.78. The molecule has 0 saturated heterocycles. The van der Waals surface area contributed by atoms with Crippen LogP contribution in [0.5, 0.6) is 5.75 Å². The maximum absolute atomic E-state index is 11.7. The van der Waals surface area contributed by atoms with Gasteiger partial charge < -0.3 is 14.8 Å². The van der Waals surface area contributed by atoms with Gasteiger partial charge in [-0.2, -0.15) is 0 Å². The maximum atomic E-state index is 11.7. The maximum Gasteiger partial charge on any atom is 0.347 e. The molecule has 1 unspecified atom stereocenters. The molecule has 0 aliphatic heterocycles. The Kier molecular flexibility index (Phi) is 6.87. The van der Waals surface area contributed by atoms with Crippen LogP contribution in [0, 0.1) is 0 Å². The minimum Gasteiger partial charge on any atom is -0.479 e. The van der Waals surface area contributed by atoms with Crippen LogP contribution in [-0.4, -0.2) is 25.7 Å². The lowest BCUT2D eigenvalue weighted by Gasteiger charge is -2.17. The summed E-state index contributed by atoms with van der Waals surface area (Å²) in [7, 11) is 1.88. The van der Waals surface area contributed by atoms with E-state index in [1.165, 1.54) is 0 Å². The summed E-state index contributed by atoms with van der Waals surface area (Å²) in [6, 6.07) is 5.67. The number of esters is 1. The number of hydrogen-bond acceptors (Lipinski definition) is 4. The van der Waals surface area contributed by atoms with Crippen molar-refractivity contribution in [2.45, 2.75) is 32.9 Å². The van der Waals surface area contributed by atoms with E-state index in [0.29, 0.717) is 18.8 Å². The highest BCUT2D eigenvalue weighted by Crippen LogP contribution is 2.23. The summed E-state index contributed by atoms with van der Waals surface area (Å²) in [5.41, 5.74) is 1.08. The summed E-state index contributed by atoms with van der Waals surface area (Å²) < 4.78 is 11.7. The first-order valence-corrected chi connectivity index (χ1v) is 7.18. The minimum absolute atomic E-state index is 0.317. The molecule has 1 N–H and O–H groups in total. The van der Waals surface area contributed by atoms with Crippen LogP contribution in [0.3, 0.4) is 0 Å². The van der Waals surface area contributed by atoms with Gasteiger partial charge in [-0.15, -0.1) is 0 Å². The standard InChI is InChI=1S/C14H20BrNO3/c1-4-13(14(17)18-5-2)19-11-6-7-12(15)10(8-11)9-16-3/h6-8,13,16H,4-5,9H2,1-3H3. The van der Waals surface area contributed by atoms with Crippen LogP contribution in [0.25, 0.3) is 0 Å². The lowest BCUT2D eigenvalue weighted by molar-refractivity contribution is -0.151. The molecule has 0 radical (unpaired) electrons. The zero-order valence-corrected chi connectivity index (χ0v) is 13.1. The molecular formula is C14H20BrNO3. The molecule has 4 nitrogen and oxygen atoms in total. The van der Waals surface area contributed by atoms with E-state index in [2.05, 4.69) is 21.2 Å². The molecule has 0 saturated carbocycles. The molecule has 0 amide bonds. The Bertz CT molecular complexity index is 423. The normalized spacial score (nSPS) is 12.0. The smallest absolute Gasteiger partial charge is 0.347 e. The van der Waals surface area contributed by atoms with E-state index in [4.69, 9.17) is 9.47 Å². The van der Waals surface area contributed by atoms with Crippen molar-refractivity contribution in [1.29, 1.82) is 0 Å². The molecule has 0 heterocycles. The van der Waals surface area contributed by atoms with Crippen molar-refractivity contribution in [3.63, 3.8) is 0 Å². The zero-order chi connectivity index (χ0) is 14.3. The molecule has 1 aromatic rings. The van der Waals surface area contributed by atoms with Crippen molar-refractivity contribution in [2.24, 2.45) is 0 Å². The van der Waals surface area contributed by atoms with Gasteiger partial charge >= 0.3 is 5.97 Å². The third kappa shape index (κ3) is 4.84. The van der Waals surface area contributed by atoms with E-state index in [1.807, 2.05) is 32.2 Å². The fourth-order valence-electron chi connectivity index (χ4n) is 1.65. The van der Waals surface area contributed by atoms with Crippen molar-refractivity contribution in [3.05, 3.63) is 28.2 Å². The summed E-state index contributed by atoms with van der Waals surface area (Å²) in [4.78, 5) is 11.7. The van der Waals surface area contributed by atoms with Gasteiger partial charge in [0.05, 0.1) is 6.61 Å². The Morgan fingerprint density at radius 2 is 2.16 bits per heavy atom. The molecule has 0 aromatic heterocycles. The van der Waals surface area contributed by atoms with Gasteiger partial charge in [0.2, 0.25) is 0 Å². The van der Waals surface area contributed by atoms with Crippen LogP contribution in [0.2, 0.25) is 0 Å². The van der Waals surface area contributed by atoms with Gasteiger partial charge in [-0.3, -0.25) is 0 Å². The molecule has 19 heavy (non-hydrogen) atoms. The van der Waals surface area contributed by atoms with Crippen LogP contribution in [0.4, 0.5) is 0 Å². The number of rotatable bonds is 7. The van der Waals surface area contributed by atoms with Crippen molar-refractivity contribution in [2.75, 3.05) is 13.7 Å². The van der Waals surface area contributed by atoms with Crippen LogP contribution >= 0.6 is 15.9 Å². The molecule has 0 aliphatic rings. The Morgan fingerprint density at radius 1 is 1.42 bits per heavy atom. The highest BCUT2D eigenvalue weighted by Gasteiger charge is 2.19. The second kappa shape index (κ2) is 8.17. The fraction of sp³-hybridized carbons (Fsp3) is 0.500. The number of halogens is 1. The number of carbonyl (C=O) groups excluding carboxylic acids is 1. The van der Waals surface area contributed by atoms with Crippen molar-refractivity contribution < 1.29 is 14.3 Å². The molecule has 0 spiro atoms. The Balaban J connectivity index is 2.79. The van der Waals surface area contributed by atoms with Gasteiger partial charge in [0.25, 0.3) is 0 Å². The molecule has 0 aliphatic carbocycles. The average molecular weight is 330 g/mol. The monoisotopic (exact) mass is 329 g/mol. The van der Waals surface area contributed by atoms with Crippen LogP contribution < -0.4 is 10.1 Å². The van der Waals surface area contributed by atoms with E-state index in [1.54, 1.807) is 6.92 Å². The average Bonchev–Trinajstić information content (AvgIpc) is 2.40. The lowest BCUT2D eigenvalue weighted by Crippen LogP contribution is -2.28. The number of carbonyl (C=O) groups is 1. The predicted molar refractivity (Wildman–Crippen MR) is 78.2 cm³/mol. The van der Waals surface area contributed by atoms with Crippen LogP contribution in [0.15, 0.2) is 22.7 Å². The molecule has 1 aromatic carbocycles. The SMILES string of the molecule is CCOC(=O)C(CC)Oc1ccc(Br)c(CNC)c1. The van der Waals surface area contributed by atoms with Crippen molar-refractivity contribution >= 4 is 21.9 Å². The van der Waals surface area contributed by atoms with E-state index in [9.17, 15) is 4.79 Å². The van der Waals surface area contributed by atoms with E-state index in [0.717, 1.165) is 16.6 Å². The first-order valence-electron chi connectivity index (χ1n) is 6.38. The second-order valence-electron chi connectivity index (χ2n) is 4.05. The van der Waals surface area contributed by atoms with Gasteiger partial charge in [0.15, 0.2) is 6.10 Å². The predicted octanol–water partition coefficient (Wildman–Crippen LogP) is 2.89. The largest absolute Gasteiger partial charge is 0.479 e. The topological polar surface area (TPSA) is 47.6 Å². The Hall–Kier alpha value is -1.07. The lowest BCUT2D eigenvalue weighted by atomic mass is 10.2. The fourth-order valence-corrected chi connectivity index (χ4v) is 2.03. The summed E-state index contributed by atoms with van der Waals surface area (Å²) in [6.07, 6.45) is 0.0274. The summed E-state index contributed by atoms with van der Waals surface area (Å²) in [5, 5.41) is 3.09. The molecule has 1 rings (SSSR count). The molecule has 5 heteroatoms. The second-order valence-corrected chi connectivity index (χ2v) is 4.90. The molecular weight excluding hydrogens is 310 g/mol. The zero-order valence-electron chi connectivity index (χ0n) is 11.5. The summed E-state index contributed by atoms with van der Waals surface area (Å²) >= 11 is 3.48. The van der Waals surface area contributed by atoms with E-state index >= 15 is 0 Å². The highest BCUT2D eigenvalue weighted by atomic mass is 79.9. The van der Waals surface area contributed by atoms with Crippen molar-refractivity contribution in [3.8, 4) is 5.75 Å². The Labute approximate surface area is 122 Å². The molecule has 0 fully saturated rings. The molecule has 106 valence electrons. The van der Waals surface area contributed by atoms with Crippen LogP contribution in [-0.2, 0) is 16.1 Å². The van der Waals surface area contributed by atoms with Gasteiger partial charge in [-0.1, -0.05) is 22.9 Å². The highest BCUT2D eigenvalue weighted by molar-refractivity contribution is 9.10. The van der Waals surface area contributed by atoms with Gasteiger partial charge in [-0.05, 0) is 44.2 Å².